The molecule has 0 aliphatic carbocycles. The van der Waals surface area contributed by atoms with Crippen molar-refractivity contribution >= 4 is 7.51 Å². The second-order valence-electron chi connectivity index (χ2n) is 4.60. The van der Waals surface area contributed by atoms with Crippen LogP contribution in [0.15, 0.2) is 54.6 Å². The molecule has 0 atom stereocenters. The normalized spacial score (nSPS) is 20.0. The molecule has 0 N–H and O–H groups in total. The number of fused-ring (bicyclic) bond motifs is 1. The molecule has 0 saturated heterocycles. The second-order valence-corrected chi connectivity index (χ2v) is 7.94. The van der Waals surface area contributed by atoms with Crippen molar-refractivity contribution in [2.24, 2.45) is 0 Å². The van der Waals surface area contributed by atoms with Crippen LogP contribution in [-0.2, 0) is 15.2 Å². The molecule has 20 heavy (non-hydrogen) atoms. The Morgan fingerprint density at radius 3 is 1.80 bits per heavy atom. The van der Waals surface area contributed by atoms with Gasteiger partial charge in [0, 0.05) is 0 Å². The molecule has 3 rings (SSSR count). The van der Waals surface area contributed by atoms with E-state index in [1.165, 1.54) is 0 Å². The van der Waals surface area contributed by atoms with Gasteiger partial charge in [0.2, 0.25) is 0 Å². The third-order valence-electron chi connectivity index (χ3n) is 3.39. The number of hydrogen-bond donors (Lipinski definition) is 0. The first-order valence-corrected chi connectivity index (χ1v) is 8.46. The van der Waals surface area contributed by atoms with Gasteiger partial charge in [0.05, 0.1) is 0 Å². The van der Waals surface area contributed by atoms with E-state index in [9.17, 15) is 0 Å². The summed E-state index contributed by atoms with van der Waals surface area (Å²) < 4.78 is 23.5. The van der Waals surface area contributed by atoms with Gasteiger partial charge in [-0.05, 0) is 0 Å². The van der Waals surface area contributed by atoms with Crippen LogP contribution in [0.1, 0.15) is 5.56 Å². The van der Waals surface area contributed by atoms with Gasteiger partial charge in [-0.1, -0.05) is 0 Å². The van der Waals surface area contributed by atoms with E-state index < -0.39 is 7.51 Å². The van der Waals surface area contributed by atoms with Gasteiger partial charge in [-0.2, -0.15) is 0 Å². The maximum atomic E-state index is 6.05. The Hall–Kier alpha value is -1.61. The van der Waals surface area contributed by atoms with Gasteiger partial charge in [-0.3, -0.25) is 0 Å². The second kappa shape index (κ2) is 4.74. The summed E-state index contributed by atoms with van der Waals surface area (Å²) in [5.41, 5.74) is 1.04. The Bertz CT molecular complexity index is 581. The Labute approximate surface area is 118 Å². The summed E-state index contributed by atoms with van der Waals surface area (Å²) in [5.74, 6) is 1.31. The van der Waals surface area contributed by atoms with Crippen LogP contribution in [-0.4, -0.2) is 14.2 Å². The zero-order valence-electron chi connectivity index (χ0n) is 11.5. The van der Waals surface area contributed by atoms with Gasteiger partial charge < -0.3 is 0 Å². The van der Waals surface area contributed by atoms with Crippen molar-refractivity contribution in [1.29, 1.82) is 0 Å². The fourth-order valence-electron chi connectivity index (χ4n) is 2.30. The van der Waals surface area contributed by atoms with Gasteiger partial charge >= 0.3 is 118 Å². The van der Waals surface area contributed by atoms with Crippen molar-refractivity contribution < 1.29 is 18.1 Å². The van der Waals surface area contributed by atoms with E-state index >= 15 is 0 Å². The summed E-state index contributed by atoms with van der Waals surface area (Å²) in [7, 11) is -0.529. The SMILES string of the molecule is COP1(Cc2ccccc2)(OC)Oc2ccccc2O1. The van der Waals surface area contributed by atoms with E-state index in [2.05, 4.69) is 0 Å². The fraction of sp³-hybridized carbons (Fsp3) is 0.200. The van der Waals surface area contributed by atoms with Crippen LogP contribution in [0, 0.1) is 0 Å². The molecule has 0 unspecified atom stereocenters. The Morgan fingerprint density at radius 2 is 1.30 bits per heavy atom. The molecule has 0 aromatic heterocycles. The van der Waals surface area contributed by atoms with Crippen molar-refractivity contribution in [3.8, 4) is 11.5 Å². The topological polar surface area (TPSA) is 36.9 Å². The quantitative estimate of drug-likeness (QED) is 0.793. The molecular formula is C15H17O4P. The van der Waals surface area contributed by atoms with Crippen molar-refractivity contribution in [3.05, 3.63) is 60.2 Å². The average molecular weight is 292 g/mol. The van der Waals surface area contributed by atoms with Crippen LogP contribution in [0.4, 0.5) is 0 Å². The van der Waals surface area contributed by atoms with Crippen molar-refractivity contribution in [2.45, 2.75) is 6.16 Å². The van der Waals surface area contributed by atoms with Crippen LogP contribution < -0.4 is 9.05 Å². The van der Waals surface area contributed by atoms with Crippen LogP contribution in [0.3, 0.4) is 0 Å². The molecule has 0 bridgehead atoms. The molecule has 1 heterocycles. The predicted molar refractivity (Wildman–Crippen MR) is 78.8 cm³/mol. The molecule has 2 aromatic carbocycles. The number of hydrogen-bond acceptors (Lipinski definition) is 4. The molecule has 2 aromatic rings. The van der Waals surface area contributed by atoms with Gasteiger partial charge in [0.1, 0.15) is 0 Å². The molecule has 0 fully saturated rings. The maximum absolute atomic E-state index is 6.05. The molecule has 106 valence electrons. The summed E-state index contributed by atoms with van der Waals surface area (Å²) >= 11 is 0. The molecule has 0 spiro atoms. The van der Waals surface area contributed by atoms with Crippen LogP contribution >= 0.6 is 7.51 Å². The van der Waals surface area contributed by atoms with Gasteiger partial charge in [-0.15, -0.1) is 0 Å². The Kier molecular flexibility index (Phi) is 3.17. The van der Waals surface area contributed by atoms with Crippen LogP contribution in [0.25, 0.3) is 0 Å². The monoisotopic (exact) mass is 292 g/mol. The first-order valence-electron chi connectivity index (χ1n) is 6.36. The number of rotatable bonds is 4. The summed E-state index contributed by atoms with van der Waals surface area (Å²) in [6, 6.07) is 17.4. The van der Waals surface area contributed by atoms with E-state index in [1.807, 2.05) is 54.6 Å². The molecular weight excluding hydrogens is 275 g/mol. The van der Waals surface area contributed by atoms with Gasteiger partial charge in [-0.25, -0.2) is 0 Å². The third kappa shape index (κ3) is 2.06. The molecule has 1 aliphatic heterocycles. The summed E-state index contributed by atoms with van der Waals surface area (Å²) in [6.45, 7) is 0. The van der Waals surface area contributed by atoms with E-state index in [-0.39, 0.29) is 0 Å². The molecule has 0 radical (unpaired) electrons. The summed E-state index contributed by atoms with van der Waals surface area (Å²) in [6.07, 6.45) is 0.439. The first kappa shape index (κ1) is 13.4. The Morgan fingerprint density at radius 1 is 0.800 bits per heavy atom. The van der Waals surface area contributed by atoms with Gasteiger partial charge in [0.25, 0.3) is 0 Å². The van der Waals surface area contributed by atoms with E-state index in [4.69, 9.17) is 18.1 Å². The zero-order chi connectivity index (χ0) is 14.1. The zero-order valence-corrected chi connectivity index (χ0v) is 12.4. The third-order valence-corrected chi connectivity index (χ3v) is 6.78. The average Bonchev–Trinajstić information content (AvgIpc) is 2.84. The molecule has 4 nitrogen and oxygen atoms in total. The van der Waals surface area contributed by atoms with Crippen LogP contribution in [0.2, 0.25) is 0 Å². The van der Waals surface area contributed by atoms with Crippen molar-refractivity contribution in [1.82, 2.24) is 0 Å². The van der Waals surface area contributed by atoms with E-state index in [1.54, 1.807) is 14.2 Å². The summed E-state index contributed by atoms with van der Waals surface area (Å²) in [4.78, 5) is 0. The molecule has 1 aliphatic rings. The standard InChI is InChI=1S/C15H17O4P/c1-16-20(17-2,12-13-8-4-3-5-9-13)18-14-10-6-7-11-15(14)19-20/h3-11H,12H2,1-2H3. The van der Waals surface area contributed by atoms with Crippen LogP contribution in [0.5, 0.6) is 11.5 Å². The first-order chi connectivity index (χ1) is 9.69. The van der Waals surface area contributed by atoms with Gasteiger partial charge in [0.15, 0.2) is 0 Å². The molecule has 0 amide bonds. The number of benzene rings is 2. The summed E-state index contributed by atoms with van der Waals surface area (Å²) in [5, 5.41) is 0. The van der Waals surface area contributed by atoms with E-state index in [0.29, 0.717) is 17.7 Å². The Balaban J connectivity index is 2.01. The van der Waals surface area contributed by atoms with Crippen molar-refractivity contribution in [3.63, 3.8) is 0 Å². The predicted octanol–water partition coefficient (Wildman–Crippen LogP) is 4.16. The minimum atomic E-state index is -3.66. The molecule has 0 saturated carbocycles. The number of para-hydroxylation sites is 2. The molecule has 5 heteroatoms. The fourth-order valence-corrected chi connectivity index (χ4v) is 5.04. The van der Waals surface area contributed by atoms with Crippen molar-refractivity contribution in [2.75, 3.05) is 14.2 Å². The minimum absolute atomic E-state index is 0.439. The van der Waals surface area contributed by atoms with E-state index in [0.717, 1.165) is 5.56 Å².